The molecule has 0 atom stereocenters. The first-order valence-electron chi connectivity index (χ1n) is 6.37. The van der Waals surface area contributed by atoms with Gasteiger partial charge >= 0.3 is 0 Å². The Kier molecular flexibility index (Phi) is 3.58. The number of benzene rings is 2. The number of ketones is 1. The zero-order valence-electron chi connectivity index (χ0n) is 10.7. The highest BCUT2D eigenvalue weighted by Crippen LogP contribution is 2.24. The average molecular weight is 272 g/mol. The van der Waals surface area contributed by atoms with Gasteiger partial charge in [-0.1, -0.05) is 30.3 Å². The van der Waals surface area contributed by atoms with Crippen molar-refractivity contribution in [3.05, 3.63) is 71.0 Å². The lowest BCUT2D eigenvalue weighted by Gasteiger charge is -2.10. The number of ether oxygens (including phenoxy) is 2. The standard InChI is InChI=1S/C16H13FO3/c17-14-6-2-4-12(10-14)15(18)11-3-1-5-13(9-11)16-19-7-8-20-16/h1-6,9-10,16H,7-8H2. The van der Waals surface area contributed by atoms with Gasteiger partial charge in [-0.2, -0.15) is 0 Å². The lowest BCUT2D eigenvalue weighted by atomic mass is 10.0. The Hall–Kier alpha value is -2.04. The lowest BCUT2D eigenvalue weighted by molar-refractivity contribution is -0.0441. The van der Waals surface area contributed by atoms with Crippen molar-refractivity contribution < 1.29 is 18.7 Å². The van der Waals surface area contributed by atoms with Gasteiger partial charge in [0.25, 0.3) is 0 Å². The van der Waals surface area contributed by atoms with Crippen LogP contribution in [0.3, 0.4) is 0 Å². The molecular weight excluding hydrogens is 259 g/mol. The summed E-state index contributed by atoms with van der Waals surface area (Å²) in [5.41, 5.74) is 1.62. The van der Waals surface area contributed by atoms with E-state index in [9.17, 15) is 9.18 Å². The van der Waals surface area contributed by atoms with E-state index in [-0.39, 0.29) is 5.78 Å². The van der Waals surface area contributed by atoms with Crippen molar-refractivity contribution in [3.63, 3.8) is 0 Å². The van der Waals surface area contributed by atoms with E-state index in [0.29, 0.717) is 24.3 Å². The van der Waals surface area contributed by atoms with E-state index >= 15 is 0 Å². The number of carbonyl (C=O) groups excluding carboxylic acids is 1. The Bertz CT molecular complexity index is 633. The molecule has 0 saturated carbocycles. The Balaban J connectivity index is 1.90. The maximum atomic E-state index is 13.2. The minimum absolute atomic E-state index is 0.218. The molecular formula is C16H13FO3. The van der Waals surface area contributed by atoms with Crippen molar-refractivity contribution in [2.45, 2.75) is 6.29 Å². The average Bonchev–Trinajstić information content (AvgIpc) is 3.01. The summed E-state index contributed by atoms with van der Waals surface area (Å²) in [5, 5.41) is 0. The Morgan fingerprint density at radius 1 is 1.00 bits per heavy atom. The van der Waals surface area contributed by atoms with Crippen molar-refractivity contribution >= 4 is 5.78 Å². The molecule has 1 aliphatic heterocycles. The summed E-state index contributed by atoms with van der Waals surface area (Å²) < 4.78 is 24.0. The van der Waals surface area contributed by atoms with Gasteiger partial charge < -0.3 is 9.47 Å². The molecule has 1 aliphatic rings. The van der Waals surface area contributed by atoms with Crippen LogP contribution in [-0.2, 0) is 9.47 Å². The first-order valence-corrected chi connectivity index (χ1v) is 6.37. The molecule has 1 fully saturated rings. The molecule has 3 rings (SSSR count). The fourth-order valence-electron chi connectivity index (χ4n) is 2.17. The molecule has 4 heteroatoms. The number of rotatable bonds is 3. The summed E-state index contributed by atoms with van der Waals surface area (Å²) in [6.07, 6.45) is -0.421. The number of hydrogen-bond donors (Lipinski definition) is 0. The van der Waals surface area contributed by atoms with Gasteiger partial charge in [0.05, 0.1) is 13.2 Å². The van der Waals surface area contributed by atoms with Crippen LogP contribution in [0.2, 0.25) is 0 Å². The van der Waals surface area contributed by atoms with Crippen LogP contribution in [0.5, 0.6) is 0 Å². The van der Waals surface area contributed by atoms with E-state index in [1.54, 1.807) is 24.3 Å². The third-order valence-electron chi connectivity index (χ3n) is 3.13. The zero-order chi connectivity index (χ0) is 13.9. The maximum absolute atomic E-state index is 13.2. The van der Waals surface area contributed by atoms with Crippen LogP contribution >= 0.6 is 0 Å². The van der Waals surface area contributed by atoms with Crippen LogP contribution in [0.25, 0.3) is 0 Å². The van der Waals surface area contributed by atoms with E-state index in [1.807, 2.05) is 6.07 Å². The molecule has 3 nitrogen and oxygen atoms in total. The number of hydrogen-bond acceptors (Lipinski definition) is 3. The quantitative estimate of drug-likeness (QED) is 0.805. The van der Waals surface area contributed by atoms with Crippen LogP contribution in [0.15, 0.2) is 48.5 Å². The molecule has 0 unspecified atom stereocenters. The molecule has 2 aromatic carbocycles. The molecule has 1 heterocycles. The summed E-state index contributed by atoms with van der Waals surface area (Å²) in [5.74, 6) is -0.640. The van der Waals surface area contributed by atoms with Crippen LogP contribution in [0.4, 0.5) is 4.39 Å². The SMILES string of the molecule is O=C(c1cccc(F)c1)c1cccc(C2OCCO2)c1. The third kappa shape index (κ3) is 2.61. The van der Waals surface area contributed by atoms with E-state index in [1.165, 1.54) is 18.2 Å². The fraction of sp³-hybridized carbons (Fsp3) is 0.188. The van der Waals surface area contributed by atoms with Gasteiger partial charge in [0.2, 0.25) is 0 Å². The van der Waals surface area contributed by atoms with E-state index in [2.05, 4.69) is 0 Å². The predicted molar refractivity (Wildman–Crippen MR) is 70.9 cm³/mol. The molecule has 20 heavy (non-hydrogen) atoms. The topological polar surface area (TPSA) is 35.5 Å². The van der Waals surface area contributed by atoms with Crippen LogP contribution in [0.1, 0.15) is 27.8 Å². The zero-order valence-corrected chi connectivity index (χ0v) is 10.7. The molecule has 0 amide bonds. The highest BCUT2D eigenvalue weighted by atomic mass is 19.1. The van der Waals surface area contributed by atoms with Gasteiger partial charge in [-0.3, -0.25) is 4.79 Å². The van der Waals surface area contributed by atoms with Crippen molar-refractivity contribution in [3.8, 4) is 0 Å². The Morgan fingerprint density at radius 3 is 2.35 bits per heavy atom. The minimum atomic E-state index is -0.422. The molecule has 0 aromatic heterocycles. The molecule has 0 bridgehead atoms. The Labute approximate surface area is 115 Å². The van der Waals surface area contributed by atoms with Crippen molar-refractivity contribution in [1.29, 1.82) is 0 Å². The molecule has 0 radical (unpaired) electrons. The molecule has 0 N–H and O–H groups in total. The number of halogens is 1. The highest BCUT2D eigenvalue weighted by Gasteiger charge is 2.19. The van der Waals surface area contributed by atoms with Crippen molar-refractivity contribution in [1.82, 2.24) is 0 Å². The highest BCUT2D eigenvalue weighted by molar-refractivity contribution is 6.09. The van der Waals surface area contributed by atoms with E-state index in [4.69, 9.17) is 9.47 Å². The normalized spacial score (nSPS) is 15.4. The largest absolute Gasteiger partial charge is 0.346 e. The minimum Gasteiger partial charge on any atom is -0.346 e. The maximum Gasteiger partial charge on any atom is 0.193 e. The van der Waals surface area contributed by atoms with Crippen LogP contribution in [-0.4, -0.2) is 19.0 Å². The number of carbonyl (C=O) groups is 1. The van der Waals surface area contributed by atoms with Crippen molar-refractivity contribution in [2.75, 3.05) is 13.2 Å². The second-order valence-electron chi connectivity index (χ2n) is 4.54. The summed E-state index contributed by atoms with van der Waals surface area (Å²) >= 11 is 0. The second-order valence-corrected chi connectivity index (χ2v) is 4.54. The van der Waals surface area contributed by atoms with E-state index in [0.717, 1.165) is 5.56 Å². The van der Waals surface area contributed by atoms with Crippen molar-refractivity contribution in [2.24, 2.45) is 0 Å². The second kappa shape index (κ2) is 5.53. The van der Waals surface area contributed by atoms with Gasteiger partial charge in [0, 0.05) is 16.7 Å². The molecule has 0 aliphatic carbocycles. The smallest absolute Gasteiger partial charge is 0.193 e. The fourth-order valence-corrected chi connectivity index (χ4v) is 2.17. The molecule has 102 valence electrons. The lowest BCUT2D eigenvalue weighted by Crippen LogP contribution is -2.04. The van der Waals surface area contributed by atoms with E-state index < -0.39 is 12.1 Å². The van der Waals surface area contributed by atoms with Gasteiger partial charge in [-0.15, -0.1) is 0 Å². The Morgan fingerprint density at radius 2 is 1.65 bits per heavy atom. The molecule has 0 spiro atoms. The monoisotopic (exact) mass is 272 g/mol. The molecule has 2 aromatic rings. The third-order valence-corrected chi connectivity index (χ3v) is 3.13. The summed E-state index contributed by atoms with van der Waals surface area (Å²) in [6.45, 7) is 1.10. The first-order chi connectivity index (χ1) is 9.74. The summed E-state index contributed by atoms with van der Waals surface area (Å²) in [7, 11) is 0. The summed E-state index contributed by atoms with van der Waals surface area (Å²) in [4.78, 5) is 12.3. The van der Waals surface area contributed by atoms with Crippen LogP contribution in [0, 0.1) is 5.82 Å². The predicted octanol–water partition coefficient (Wildman–Crippen LogP) is 3.10. The molecule has 1 saturated heterocycles. The van der Waals surface area contributed by atoms with Crippen LogP contribution < -0.4 is 0 Å². The van der Waals surface area contributed by atoms with Gasteiger partial charge in [0.1, 0.15) is 5.82 Å². The van der Waals surface area contributed by atoms with Gasteiger partial charge in [0.15, 0.2) is 12.1 Å². The van der Waals surface area contributed by atoms with Gasteiger partial charge in [-0.25, -0.2) is 4.39 Å². The van der Waals surface area contributed by atoms with Gasteiger partial charge in [-0.05, 0) is 18.2 Å². The first kappa shape index (κ1) is 13.0. The summed E-state index contributed by atoms with van der Waals surface area (Å²) in [6, 6.07) is 12.7.